The van der Waals surface area contributed by atoms with Gasteiger partial charge in [-0.2, -0.15) is 5.10 Å². The first-order valence-corrected chi connectivity index (χ1v) is 9.83. The fourth-order valence-electron chi connectivity index (χ4n) is 2.94. The van der Waals surface area contributed by atoms with Gasteiger partial charge in [0, 0.05) is 38.0 Å². The molecule has 3 aromatic heterocycles. The number of thiazole rings is 1. The summed E-state index contributed by atoms with van der Waals surface area (Å²) in [6.45, 7) is 0.406. The molecule has 0 aliphatic rings. The lowest BCUT2D eigenvalue weighted by Crippen LogP contribution is -2.12. The minimum atomic E-state index is 0.367. The van der Waals surface area contributed by atoms with Gasteiger partial charge in [0.1, 0.15) is 10.7 Å². The molecule has 30 heavy (non-hydrogen) atoms. The Kier molecular flexibility index (Phi) is 6.48. The van der Waals surface area contributed by atoms with E-state index in [-0.39, 0.29) is 0 Å². The number of hydrogen-bond donors (Lipinski definition) is 2. The minimum Gasteiger partial charge on any atom is -0.402 e. The SMILES string of the molecule is CN(Cc1cccc(C=O)n1)/N=C\c1c(C=O)n(C)c2nc(CC(N)=CC=N)sc12. The molecule has 0 saturated heterocycles. The van der Waals surface area contributed by atoms with Crippen molar-refractivity contribution in [2.75, 3.05) is 7.05 Å². The highest BCUT2D eigenvalue weighted by molar-refractivity contribution is 7.19. The molecule has 0 saturated carbocycles. The van der Waals surface area contributed by atoms with Crippen LogP contribution in [0.15, 0.2) is 35.1 Å². The molecule has 9 nitrogen and oxygen atoms in total. The van der Waals surface area contributed by atoms with E-state index in [1.165, 1.54) is 17.4 Å². The maximum absolute atomic E-state index is 11.7. The van der Waals surface area contributed by atoms with E-state index in [1.807, 2.05) is 6.07 Å². The number of fused-ring (bicyclic) bond motifs is 1. The van der Waals surface area contributed by atoms with Crippen LogP contribution in [0.2, 0.25) is 0 Å². The Hall–Kier alpha value is -3.66. The average molecular weight is 424 g/mol. The van der Waals surface area contributed by atoms with Crippen LogP contribution in [0.3, 0.4) is 0 Å². The Labute approximate surface area is 177 Å². The van der Waals surface area contributed by atoms with Gasteiger partial charge in [-0.05, 0) is 18.2 Å². The van der Waals surface area contributed by atoms with Crippen LogP contribution < -0.4 is 5.73 Å². The van der Waals surface area contributed by atoms with Crippen molar-refractivity contribution in [2.45, 2.75) is 13.0 Å². The first-order chi connectivity index (χ1) is 14.5. The van der Waals surface area contributed by atoms with Gasteiger partial charge in [-0.1, -0.05) is 6.07 Å². The van der Waals surface area contributed by atoms with Crippen LogP contribution in [0.5, 0.6) is 0 Å². The van der Waals surface area contributed by atoms with Crippen molar-refractivity contribution in [1.29, 1.82) is 5.41 Å². The summed E-state index contributed by atoms with van der Waals surface area (Å²) >= 11 is 1.44. The quantitative estimate of drug-likeness (QED) is 0.308. The van der Waals surface area contributed by atoms with Crippen molar-refractivity contribution in [3.8, 4) is 0 Å². The zero-order valence-corrected chi connectivity index (χ0v) is 17.4. The molecular weight excluding hydrogens is 402 g/mol. The summed E-state index contributed by atoms with van der Waals surface area (Å²) < 4.78 is 2.57. The van der Waals surface area contributed by atoms with E-state index in [4.69, 9.17) is 11.1 Å². The van der Waals surface area contributed by atoms with Gasteiger partial charge in [0.05, 0.1) is 28.8 Å². The number of aryl methyl sites for hydroxylation is 1. The number of rotatable bonds is 9. The number of pyridine rings is 1. The maximum Gasteiger partial charge on any atom is 0.168 e. The molecule has 10 heteroatoms. The topological polar surface area (TPSA) is 130 Å². The third kappa shape index (κ3) is 4.49. The van der Waals surface area contributed by atoms with Crippen molar-refractivity contribution in [1.82, 2.24) is 19.5 Å². The highest BCUT2D eigenvalue weighted by Crippen LogP contribution is 2.29. The predicted molar refractivity (Wildman–Crippen MR) is 117 cm³/mol. The summed E-state index contributed by atoms with van der Waals surface area (Å²) in [5.74, 6) is 0. The van der Waals surface area contributed by atoms with Crippen LogP contribution >= 0.6 is 11.3 Å². The molecule has 0 atom stereocenters. The molecule has 0 bridgehead atoms. The van der Waals surface area contributed by atoms with E-state index in [9.17, 15) is 9.59 Å². The van der Waals surface area contributed by atoms with Crippen LogP contribution in [0.4, 0.5) is 0 Å². The summed E-state index contributed by atoms with van der Waals surface area (Å²) in [6.07, 6.45) is 6.21. The molecule has 0 radical (unpaired) electrons. The van der Waals surface area contributed by atoms with Gasteiger partial charge in [-0.15, -0.1) is 11.3 Å². The highest BCUT2D eigenvalue weighted by atomic mass is 32.1. The normalized spacial score (nSPS) is 11.9. The minimum absolute atomic E-state index is 0.367. The Morgan fingerprint density at radius 1 is 1.33 bits per heavy atom. The highest BCUT2D eigenvalue weighted by Gasteiger charge is 2.18. The number of nitrogens with zero attached hydrogens (tertiary/aromatic N) is 5. The second-order valence-corrected chi connectivity index (χ2v) is 7.64. The number of nitrogens with one attached hydrogen (secondary N) is 1. The predicted octanol–water partition coefficient (Wildman–Crippen LogP) is 2.16. The van der Waals surface area contributed by atoms with Crippen molar-refractivity contribution in [3.05, 3.63) is 57.6 Å². The standard InChI is InChI=1S/C20H21N7O2S/c1-26(10-14-4-3-5-15(11-28)24-14)23-9-16-17(12-29)27(2)20-19(16)30-18(25-20)8-13(22)6-7-21/h3-7,9,11-12,21H,8,10,22H2,1-2H3/b13-6?,21-7?,23-9-. The Morgan fingerprint density at radius 3 is 2.83 bits per heavy atom. The second kappa shape index (κ2) is 9.23. The summed E-state index contributed by atoms with van der Waals surface area (Å²) in [5, 5.41) is 14.0. The van der Waals surface area contributed by atoms with E-state index in [2.05, 4.69) is 15.1 Å². The van der Waals surface area contributed by atoms with Gasteiger partial charge in [0.2, 0.25) is 0 Å². The van der Waals surface area contributed by atoms with Crippen molar-refractivity contribution in [3.63, 3.8) is 0 Å². The number of aromatic nitrogens is 3. The van der Waals surface area contributed by atoms with E-state index in [0.717, 1.165) is 22.2 Å². The second-order valence-electron chi connectivity index (χ2n) is 6.55. The molecule has 3 N–H and O–H groups in total. The van der Waals surface area contributed by atoms with Gasteiger partial charge in [-0.3, -0.25) is 14.6 Å². The van der Waals surface area contributed by atoms with Crippen molar-refractivity contribution in [2.24, 2.45) is 17.9 Å². The molecule has 0 aliphatic carbocycles. The number of carbonyl (C=O) groups excluding carboxylic acids is 2. The van der Waals surface area contributed by atoms with E-state index >= 15 is 0 Å². The van der Waals surface area contributed by atoms with Gasteiger partial charge in [0.25, 0.3) is 0 Å². The van der Waals surface area contributed by atoms with E-state index in [1.54, 1.807) is 42.0 Å². The van der Waals surface area contributed by atoms with Crippen LogP contribution in [0.1, 0.15) is 37.2 Å². The van der Waals surface area contributed by atoms with Gasteiger partial charge in [-0.25, -0.2) is 9.97 Å². The Balaban J connectivity index is 1.88. The zero-order chi connectivity index (χ0) is 21.7. The van der Waals surface area contributed by atoms with Gasteiger partial charge >= 0.3 is 0 Å². The molecule has 3 heterocycles. The average Bonchev–Trinajstić information content (AvgIpc) is 3.23. The lowest BCUT2D eigenvalue weighted by atomic mass is 10.3. The van der Waals surface area contributed by atoms with Crippen LogP contribution in [0, 0.1) is 5.41 Å². The first-order valence-electron chi connectivity index (χ1n) is 9.01. The molecule has 0 fully saturated rings. The third-order valence-corrected chi connectivity index (χ3v) is 5.42. The fraction of sp³-hybridized carbons (Fsp3) is 0.200. The molecule has 3 aromatic rings. The largest absolute Gasteiger partial charge is 0.402 e. The number of aldehydes is 2. The number of hydrazone groups is 1. The molecule has 3 rings (SSSR count). The fourth-order valence-corrected chi connectivity index (χ4v) is 4.08. The molecule has 0 aromatic carbocycles. The third-order valence-electron chi connectivity index (χ3n) is 4.34. The van der Waals surface area contributed by atoms with Crippen molar-refractivity contribution < 1.29 is 9.59 Å². The van der Waals surface area contributed by atoms with Crippen LogP contribution in [0.25, 0.3) is 10.3 Å². The monoisotopic (exact) mass is 423 g/mol. The number of hydrogen-bond acceptors (Lipinski definition) is 9. The molecule has 0 spiro atoms. The molecule has 0 amide bonds. The van der Waals surface area contributed by atoms with Gasteiger partial charge in [0.15, 0.2) is 18.2 Å². The summed E-state index contributed by atoms with van der Waals surface area (Å²) in [6, 6.07) is 5.23. The van der Waals surface area contributed by atoms with E-state index < -0.39 is 0 Å². The summed E-state index contributed by atoms with van der Waals surface area (Å²) in [4.78, 5) is 31.4. The lowest BCUT2D eigenvalue weighted by molar-refractivity contribution is 0.111. The number of allylic oxidation sites excluding steroid dienone is 2. The number of nitrogens with two attached hydrogens (primary N) is 1. The number of carbonyl (C=O) groups is 2. The first kappa shape index (κ1) is 21.1. The molecule has 154 valence electrons. The van der Waals surface area contributed by atoms with Crippen molar-refractivity contribution >= 4 is 46.7 Å². The summed E-state index contributed by atoms with van der Waals surface area (Å²) in [5.41, 5.74) is 9.35. The lowest BCUT2D eigenvalue weighted by Gasteiger charge is -2.12. The molecule has 0 aliphatic heterocycles. The maximum atomic E-state index is 11.7. The van der Waals surface area contributed by atoms with Crippen LogP contribution in [-0.2, 0) is 20.0 Å². The summed E-state index contributed by atoms with van der Waals surface area (Å²) in [7, 11) is 3.57. The zero-order valence-electron chi connectivity index (χ0n) is 16.6. The smallest absolute Gasteiger partial charge is 0.168 e. The van der Waals surface area contributed by atoms with Crippen LogP contribution in [-0.4, -0.2) is 51.6 Å². The molecule has 0 unspecified atom stereocenters. The Morgan fingerprint density at radius 2 is 2.13 bits per heavy atom. The Bertz CT molecular complexity index is 1160. The molecular formula is C20H21N7O2S. The van der Waals surface area contributed by atoms with E-state index in [0.29, 0.717) is 53.2 Å². The van der Waals surface area contributed by atoms with Gasteiger partial charge < -0.3 is 15.7 Å².